The number of carbonyl (C=O) groups is 1. The van der Waals surface area contributed by atoms with Gasteiger partial charge in [0.25, 0.3) is 0 Å². The Labute approximate surface area is 97.6 Å². The highest BCUT2D eigenvalue weighted by molar-refractivity contribution is 7.99. The second-order valence-electron chi connectivity index (χ2n) is 4.92. The van der Waals surface area contributed by atoms with Gasteiger partial charge in [0, 0.05) is 11.3 Å². The highest BCUT2D eigenvalue weighted by Gasteiger charge is 2.20. The maximum atomic E-state index is 11.6. The molecule has 0 aliphatic heterocycles. The fraction of sp³-hybridized carbons (Fsp3) is 0.909. The van der Waals surface area contributed by atoms with Gasteiger partial charge in [-0.15, -0.1) is 0 Å². The van der Waals surface area contributed by atoms with E-state index in [0.29, 0.717) is 12.5 Å². The van der Waals surface area contributed by atoms with Crippen molar-refractivity contribution in [2.24, 2.45) is 11.7 Å². The Balaban J connectivity index is 3.93. The van der Waals surface area contributed by atoms with E-state index in [-0.39, 0.29) is 16.7 Å². The molecule has 0 unspecified atom stereocenters. The first-order valence-corrected chi connectivity index (χ1v) is 6.59. The smallest absolute Gasteiger partial charge is 0.236 e. The average Bonchev–Trinajstić information content (AvgIpc) is 2.13. The summed E-state index contributed by atoms with van der Waals surface area (Å²) in [7, 11) is 0. The van der Waals surface area contributed by atoms with Crippen molar-refractivity contribution in [2.45, 2.75) is 44.9 Å². The molecule has 0 aromatic carbocycles. The molecule has 0 radical (unpaired) electrons. The van der Waals surface area contributed by atoms with Crippen LogP contribution in [0.25, 0.3) is 0 Å². The quantitative estimate of drug-likeness (QED) is 0.731. The maximum Gasteiger partial charge on any atom is 0.236 e. The molecule has 0 bridgehead atoms. The number of amides is 1. The van der Waals surface area contributed by atoms with Crippen LogP contribution in [0.2, 0.25) is 0 Å². The fourth-order valence-corrected chi connectivity index (χ4v) is 1.33. The van der Waals surface area contributed by atoms with Gasteiger partial charge in [-0.2, -0.15) is 11.8 Å². The Kier molecular flexibility index (Phi) is 6.29. The molecule has 15 heavy (non-hydrogen) atoms. The molecule has 0 rings (SSSR count). The summed E-state index contributed by atoms with van der Waals surface area (Å²) in [6, 6.07) is -0.373. The number of rotatable bonds is 6. The van der Waals surface area contributed by atoms with Gasteiger partial charge < -0.3 is 11.1 Å². The SMILES string of the molecule is CSC(C)(C)CNC(=O)[C@H](N)CC(C)C. The van der Waals surface area contributed by atoms with Crippen LogP contribution in [0, 0.1) is 5.92 Å². The third kappa shape index (κ3) is 6.79. The molecule has 90 valence electrons. The number of nitrogens with two attached hydrogens (primary N) is 1. The Morgan fingerprint density at radius 3 is 2.40 bits per heavy atom. The summed E-state index contributed by atoms with van der Waals surface area (Å²) < 4.78 is 0.0766. The number of thioether (sulfide) groups is 1. The highest BCUT2D eigenvalue weighted by atomic mass is 32.2. The van der Waals surface area contributed by atoms with Crippen LogP contribution in [0.15, 0.2) is 0 Å². The zero-order valence-electron chi connectivity index (χ0n) is 10.5. The van der Waals surface area contributed by atoms with E-state index < -0.39 is 0 Å². The minimum absolute atomic E-state index is 0.0363. The fourth-order valence-electron chi connectivity index (χ4n) is 1.12. The van der Waals surface area contributed by atoms with E-state index in [9.17, 15) is 4.79 Å². The van der Waals surface area contributed by atoms with E-state index in [2.05, 4.69) is 33.0 Å². The summed E-state index contributed by atoms with van der Waals surface area (Å²) in [5, 5.41) is 2.89. The molecule has 4 heteroatoms. The first kappa shape index (κ1) is 14.8. The minimum Gasteiger partial charge on any atom is -0.353 e. The first-order valence-electron chi connectivity index (χ1n) is 5.37. The first-order chi connectivity index (χ1) is 6.78. The largest absolute Gasteiger partial charge is 0.353 e. The molecule has 0 saturated heterocycles. The van der Waals surface area contributed by atoms with Crippen LogP contribution in [0.3, 0.4) is 0 Å². The van der Waals surface area contributed by atoms with Crippen LogP contribution in [-0.4, -0.2) is 29.5 Å². The third-order valence-corrected chi connectivity index (χ3v) is 3.55. The van der Waals surface area contributed by atoms with Crippen molar-refractivity contribution < 1.29 is 4.79 Å². The van der Waals surface area contributed by atoms with E-state index in [1.807, 2.05) is 6.26 Å². The molecule has 0 saturated carbocycles. The molecule has 0 aromatic heterocycles. The summed E-state index contributed by atoms with van der Waals surface area (Å²) in [4.78, 5) is 11.6. The molecule has 1 amide bonds. The second-order valence-corrected chi connectivity index (χ2v) is 6.43. The van der Waals surface area contributed by atoms with E-state index in [4.69, 9.17) is 5.73 Å². The Hall–Kier alpha value is -0.220. The number of nitrogens with one attached hydrogen (secondary N) is 1. The number of carbonyl (C=O) groups excluding carboxylic acids is 1. The Morgan fingerprint density at radius 2 is 2.00 bits per heavy atom. The van der Waals surface area contributed by atoms with Gasteiger partial charge in [0.1, 0.15) is 0 Å². The van der Waals surface area contributed by atoms with Crippen molar-refractivity contribution in [1.29, 1.82) is 0 Å². The molecule has 0 aliphatic carbocycles. The molecule has 0 fully saturated rings. The zero-order chi connectivity index (χ0) is 12.1. The topological polar surface area (TPSA) is 55.1 Å². The van der Waals surface area contributed by atoms with Gasteiger partial charge in [0.15, 0.2) is 0 Å². The van der Waals surface area contributed by atoms with Crippen LogP contribution < -0.4 is 11.1 Å². The summed E-state index contributed by atoms with van der Waals surface area (Å²) >= 11 is 1.74. The average molecular weight is 232 g/mol. The van der Waals surface area contributed by atoms with Gasteiger partial charge >= 0.3 is 0 Å². The molecule has 0 spiro atoms. The molecular formula is C11H24N2OS. The van der Waals surface area contributed by atoms with Crippen molar-refractivity contribution in [3.8, 4) is 0 Å². The lowest BCUT2D eigenvalue weighted by molar-refractivity contribution is -0.122. The lowest BCUT2D eigenvalue weighted by Gasteiger charge is -2.23. The Morgan fingerprint density at radius 1 is 1.47 bits per heavy atom. The van der Waals surface area contributed by atoms with Gasteiger partial charge in [-0.05, 0) is 32.4 Å². The Bertz CT molecular complexity index is 205. The van der Waals surface area contributed by atoms with E-state index in [1.54, 1.807) is 11.8 Å². The summed E-state index contributed by atoms with van der Waals surface area (Å²) in [6.07, 6.45) is 2.78. The van der Waals surface area contributed by atoms with Crippen LogP contribution in [0.4, 0.5) is 0 Å². The minimum atomic E-state index is -0.373. The number of hydrogen-bond donors (Lipinski definition) is 2. The van der Waals surface area contributed by atoms with Gasteiger partial charge in [-0.1, -0.05) is 13.8 Å². The predicted octanol–water partition coefficient (Wildman–Crippen LogP) is 1.62. The van der Waals surface area contributed by atoms with Gasteiger partial charge in [0.05, 0.1) is 6.04 Å². The lowest BCUT2D eigenvalue weighted by atomic mass is 10.0. The van der Waals surface area contributed by atoms with Crippen LogP contribution in [0.1, 0.15) is 34.1 Å². The zero-order valence-corrected chi connectivity index (χ0v) is 11.3. The molecule has 3 N–H and O–H groups in total. The molecular weight excluding hydrogens is 208 g/mol. The lowest BCUT2D eigenvalue weighted by Crippen LogP contribution is -2.45. The standard InChI is InChI=1S/C11H24N2OS/c1-8(2)6-9(12)10(14)13-7-11(3,4)15-5/h8-9H,6-7,12H2,1-5H3,(H,13,14)/t9-/m1/s1. The van der Waals surface area contributed by atoms with Crippen molar-refractivity contribution in [1.82, 2.24) is 5.32 Å². The van der Waals surface area contributed by atoms with Gasteiger partial charge in [0.2, 0.25) is 5.91 Å². The number of hydrogen-bond acceptors (Lipinski definition) is 3. The van der Waals surface area contributed by atoms with Crippen molar-refractivity contribution >= 4 is 17.7 Å². The molecule has 0 aromatic rings. The normalized spacial score (nSPS) is 14.1. The summed E-state index contributed by atoms with van der Waals surface area (Å²) in [5.41, 5.74) is 5.77. The summed E-state index contributed by atoms with van der Waals surface area (Å²) in [5.74, 6) is 0.421. The van der Waals surface area contributed by atoms with Crippen molar-refractivity contribution in [3.63, 3.8) is 0 Å². The van der Waals surface area contributed by atoms with E-state index in [0.717, 1.165) is 6.42 Å². The highest BCUT2D eigenvalue weighted by Crippen LogP contribution is 2.19. The molecule has 3 nitrogen and oxygen atoms in total. The molecule has 0 aliphatic rings. The molecule has 0 heterocycles. The summed E-state index contributed by atoms with van der Waals surface area (Å²) in [6.45, 7) is 9.01. The predicted molar refractivity (Wildman–Crippen MR) is 68.0 cm³/mol. The maximum absolute atomic E-state index is 11.6. The van der Waals surface area contributed by atoms with Crippen LogP contribution in [-0.2, 0) is 4.79 Å². The third-order valence-electron chi connectivity index (χ3n) is 2.30. The second kappa shape index (κ2) is 6.38. The van der Waals surface area contributed by atoms with E-state index >= 15 is 0 Å². The van der Waals surface area contributed by atoms with Crippen molar-refractivity contribution in [3.05, 3.63) is 0 Å². The van der Waals surface area contributed by atoms with Gasteiger partial charge in [-0.25, -0.2) is 0 Å². The van der Waals surface area contributed by atoms with Crippen molar-refractivity contribution in [2.75, 3.05) is 12.8 Å². The van der Waals surface area contributed by atoms with Gasteiger partial charge in [-0.3, -0.25) is 4.79 Å². The van der Waals surface area contributed by atoms with Crippen LogP contribution >= 0.6 is 11.8 Å². The van der Waals surface area contributed by atoms with Crippen LogP contribution in [0.5, 0.6) is 0 Å². The molecule has 1 atom stereocenters. The van der Waals surface area contributed by atoms with E-state index in [1.165, 1.54) is 0 Å². The monoisotopic (exact) mass is 232 g/mol.